The summed E-state index contributed by atoms with van der Waals surface area (Å²) in [6.45, 7) is 0. The van der Waals surface area contributed by atoms with Gasteiger partial charge in [0.05, 0.1) is 11.1 Å². The number of nitrogens with zero attached hydrogens (tertiary/aromatic N) is 1. The number of hydrogen-bond donors (Lipinski definition) is 1. The highest BCUT2D eigenvalue weighted by Crippen LogP contribution is 2.28. The number of nitrogens with two attached hydrogens (primary N) is 1. The molecule has 14 heavy (non-hydrogen) atoms. The van der Waals surface area contributed by atoms with Gasteiger partial charge in [0, 0.05) is 6.07 Å². The van der Waals surface area contributed by atoms with E-state index in [0.717, 1.165) is 0 Å². The van der Waals surface area contributed by atoms with Gasteiger partial charge in [0.1, 0.15) is 5.82 Å². The van der Waals surface area contributed by atoms with Crippen LogP contribution in [-0.4, -0.2) is 10.2 Å². The van der Waals surface area contributed by atoms with Gasteiger partial charge in [-0.2, -0.15) is 4.39 Å². The number of carbonyl (C=O) groups excluding carboxylic acids is 1. The summed E-state index contributed by atoms with van der Waals surface area (Å²) in [6.07, 6.45) is -3.03. The molecule has 2 N–H and O–H groups in total. The van der Waals surface area contributed by atoms with Crippen molar-refractivity contribution in [3.05, 3.63) is 23.1 Å². The molecule has 0 saturated heterocycles. The third-order valence-corrected chi connectivity index (χ3v) is 1.69. The topological polar surface area (TPSA) is 56.0 Å². The van der Waals surface area contributed by atoms with E-state index in [1.54, 1.807) is 0 Å². The van der Waals surface area contributed by atoms with Crippen LogP contribution in [-0.2, 0) is 0 Å². The minimum Gasteiger partial charge on any atom is -0.383 e. The van der Waals surface area contributed by atoms with Crippen LogP contribution in [0.2, 0.25) is 0 Å². The van der Waals surface area contributed by atoms with E-state index < -0.39 is 34.6 Å². The summed E-state index contributed by atoms with van der Waals surface area (Å²) in [5.74, 6) is -1.86. The van der Waals surface area contributed by atoms with Gasteiger partial charge < -0.3 is 5.73 Å². The number of halogens is 4. The fourth-order valence-corrected chi connectivity index (χ4v) is 1.09. The van der Waals surface area contributed by atoms with E-state index in [2.05, 4.69) is 4.98 Å². The maximum Gasteiger partial charge on any atom is 0.268 e. The van der Waals surface area contributed by atoms with E-state index >= 15 is 0 Å². The van der Waals surface area contributed by atoms with Gasteiger partial charge in [-0.1, -0.05) is 0 Å². The minimum absolute atomic E-state index is 0.521. The van der Waals surface area contributed by atoms with Crippen LogP contribution in [0.1, 0.15) is 22.3 Å². The summed E-state index contributed by atoms with van der Waals surface area (Å²) in [7, 11) is 0. The van der Waals surface area contributed by atoms with Crippen molar-refractivity contribution in [2.75, 3.05) is 5.73 Å². The SMILES string of the molecule is Nc1nc(F)cc(C(=O)Cl)c1C(F)F. The van der Waals surface area contributed by atoms with Crippen LogP contribution in [0.5, 0.6) is 0 Å². The molecule has 7 heteroatoms. The summed E-state index contributed by atoms with van der Waals surface area (Å²) in [6, 6.07) is 0.521. The average Bonchev–Trinajstić information content (AvgIpc) is 2.01. The zero-order chi connectivity index (χ0) is 10.9. The molecule has 0 aromatic carbocycles. The van der Waals surface area contributed by atoms with Crippen molar-refractivity contribution in [2.24, 2.45) is 0 Å². The zero-order valence-electron chi connectivity index (χ0n) is 6.60. The summed E-state index contributed by atoms with van der Waals surface area (Å²) in [4.78, 5) is 13.6. The molecule has 1 rings (SSSR count). The Morgan fingerprint density at radius 2 is 2.14 bits per heavy atom. The quantitative estimate of drug-likeness (QED) is 0.618. The fourth-order valence-electron chi connectivity index (χ4n) is 0.934. The highest BCUT2D eigenvalue weighted by molar-refractivity contribution is 6.68. The summed E-state index contributed by atoms with van der Waals surface area (Å²) < 4.78 is 37.2. The highest BCUT2D eigenvalue weighted by Gasteiger charge is 2.22. The van der Waals surface area contributed by atoms with Crippen LogP contribution in [0.25, 0.3) is 0 Å². The summed E-state index contributed by atoms with van der Waals surface area (Å²) in [5, 5.41) is -1.20. The first kappa shape index (κ1) is 10.8. The lowest BCUT2D eigenvalue weighted by molar-refractivity contribution is 0.106. The highest BCUT2D eigenvalue weighted by atomic mass is 35.5. The molecule has 1 heterocycles. The molecule has 0 atom stereocenters. The third kappa shape index (κ3) is 1.95. The number of hydrogen-bond acceptors (Lipinski definition) is 3. The van der Waals surface area contributed by atoms with E-state index in [9.17, 15) is 18.0 Å². The van der Waals surface area contributed by atoms with Crippen molar-refractivity contribution in [3.63, 3.8) is 0 Å². The number of nitrogen functional groups attached to an aromatic ring is 1. The van der Waals surface area contributed by atoms with Crippen LogP contribution in [0.4, 0.5) is 19.0 Å². The van der Waals surface area contributed by atoms with Crippen LogP contribution in [0.3, 0.4) is 0 Å². The van der Waals surface area contributed by atoms with Crippen molar-refractivity contribution in [1.82, 2.24) is 4.98 Å². The molecular weight excluding hydrogens is 221 g/mol. The largest absolute Gasteiger partial charge is 0.383 e. The van der Waals surface area contributed by atoms with Crippen molar-refractivity contribution in [1.29, 1.82) is 0 Å². The molecule has 1 aromatic rings. The molecule has 76 valence electrons. The number of rotatable bonds is 2. The Balaban J connectivity index is 3.44. The minimum atomic E-state index is -3.03. The molecule has 0 fully saturated rings. The van der Waals surface area contributed by atoms with Crippen molar-refractivity contribution in [3.8, 4) is 0 Å². The number of aromatic nitrogens is 1. The van der Waals surface area contributed by atoms with Crippen LogP contribution >= 0.6 is 11.6 Å². The number of anilines is 1. The molecule has 0 radical (unpaired) electrons. The average molecular weight is 225 g/mol. The monoisotopic (exact) mass is 224 g/mol. The number of pyridine rings is 1. The van der Waals surface area contributed by atoms with Gasteiger partial charge in [0.2, 0.25) is 5.95 Å². The molecule has 1 aromatic heterocycles. The van der Waals surface area contributed by atoms with Gasteiger partial charge in [-0.25, -0.2) is 13.8 Å². The van der Waals surface area contributed by atoms with Gasteiger partial charge in [-0.15, -0.1) is 0 Å². The predicted molar refractivity (Wildman–Crippen MR) is 43.7 cm³/mol. The molecule has 0 bridgehead atoms. The summed E-state index contributed by atoms with van der Waals surface area (Å²) in [5.41, 5.74) is 3.52. The Morgan fingerprint density at radius 1 is 1.57 bits per heavy atom. The lowest BCUT2D eigenvalue weighted by Gasteiger charge is -2.07. The molecule has 0 saturated carbocycles. The molecular formula is C7H4ClF3N2O. The van der Waals surface area contributed by atoms with Crippen LogP contribution < -0.4 is 5.73 Å². The van der Waals surface area contributed by atoms with Crippen LogP contribution in [0, 0.1) is 5.95 Å². The van der Waals surface area contributed by atoms with Crippen molar-refractivity contribution >= 4 is 22.7 Å². The van der Waals surface area contributed by atoms with E-state index in [0.29, 0.717) is 6.07 Å². The second kappa shape index (κ2) is 3.83. The molecule has 0 aliphatic carbocycles. The lowest BCUT2D eigenvalue weighted by atomic mass is 10.1. The second-order valence-electron chi connectivity index (χ2n) is 2.37. The first-order valence-electron chi connectivity index (χ1n) is 3.37. The molecule has 0 unspecified atom stereocenters. The van der Waals surface area contributed by atoms with E-state index in [-0.39, 0.29) is 0 Å². The van der Waals surface area contributed by atoms with E-state index in [1.165, 1.54) is 0 Å². The Morgan fingerprint density at radius 3 is 2.57 bits per heavy atom. The number of carbonyl (C=O) groups is 1. The first-order valence-corrected chi connectivity index (χ1v) is 3.75. The van der Waals surface area contributed by atoms with Gasteiger partial charge in [0.15, 0.2) is 0 Å². The standard InChI is InChI=1S/C7H4ClF3N2O/c8-5(14)2-1-3(9)13-7(12)4(2)6(10)11/h1,6H,(H2,12,13). The Bertz CT molecular complexity index is 383. The van der Waals surface area contributed by atoms with Gasteiger partial charge in [-0.3, -0.25) is 4.79 Å². The predicted octanol–water partition coefficient (Wildman–Crippen LogP) is 2.12. The molecule has 3 nitrogen and oxygen atoms in total. The normalized spacial score (nSPS) is 10.6. The van der Waals surface area contributed by atoms with Gasteiger partial charge >= 0.3 is 0 Å². The second-order valence-corrected chi connectivity index (χ2v) is 2.71. The zero-order valence-corrected chi connectivity index (χ0v) is 7.36. The van der Waals surface area contributed by atoms with Gasteiger partial charge in [-0.05, 0) is 11.6 Å². The molecule has 0 aliphatic rings. The van der Waals surface area contributed by atoms with Crippen molar-refractivity contribution < 1.29 is 18.0 Å². The summed E-state index contributed by atoms with van der Waals surface area (Å²) >= 11 is 4.97. The lowest BCUT2D eigenvalue weighted by Crippen LogP contribution is -2.07. The number of alkyl halides is 2. The Hall–Kier alpha value is -1.30. The van der Waals surface area contributed by atoms with Crippen molar-refractivity contribution in [2.45, 2.75) is 6.43 Å². The third-order valence-electron chi connectivity index (χ3n) is 1.49. The first-order chi connectivity index (χ1) is 6.43. The maximum absolute atomic E-state index is 12.6. The molecule has 0 aliphatic heterocycles. The molecule has 0 amide bonds. The maximum atomic E-state index is 12.6. The Labute approximate surface area is 81.7 Å². The smallest absolute Gasteiger partial charge is 0.268 e. The van der Waals surface area contributed by atoms with E-state index in [1.807, 2.05) is 0 Å². The van der Waals surface area contributed by atoms with E-state index in [4.69, 9.17) is 17.3 Å². The fraction of sp³-hybridized carbons (Fsp3) is 0.143. The van der Waals surface area contributed by atoms with Crippen LogP contribution in [0.15, 0.2) is 6.07 Å². The Kier molecular flexibility index (Phi) is 2.95. The van der Waals surface area contributed by atoms with Gasteiger partial charge in [0.25, 0.3) is 11.7 Å². The molecule has 0 spiro atoms.